The molecule has 1 aromatic heterocycles. The van der Waals surface area contributed by atoms with Crippen LogP contribution in [0, 0.1) is 0 Å². The minimum Gasteiger partial charge on any atom is -0.545 e. The van der Waals surface area contributed by atoms with E-state index < -0.39 is 11.9 Å². The Kier molecular flexibility index (Phi) is 6.98. The van der Waals surface area contributed by atoms with Gasteiger partial charge in [0.2, 0.25) is 0 Å². The van der Waals surface area contributed by atoms with Gasteiger partial charge in [-0.25, -0.2) is 4.98 Å². The van der Waals surface area contributed by atoms with Gasteiger partial charge in [0.1, 0.15) is 0 Å². The van der Waals surface area contributed by atoms with E-state index in [0.29, 0.717) is 5.13 Å². The van der Waals surface area contributed by atoms with E-state index in [-0.39, 0.29) is 11.1 Å². The molecule has 0 spiro atoms. The fraction of sp³-hybridized carbons (Fsp3) is 0.476. The van der Waals surface area contributed by atoms with Gasteiger partial charge in [0.15, 0.2) is 5.13 Å². The molecule has 6 heteroatoms. The van der Waals surface area contributed by atoms with Crippen LogP contribution in [-0.4, -0.2) is 16.9 Å². The number of carbonyl (C=O) groups excluding carboxylic acids is 2. The first-order valence-corrected chi connectivity index (χ1v) is 10.6. The molecule has 0 radical (unpaired) electrons. The van der Waals surface area contributed by atoms with Crippen LogP contribution in [-0.2, 0) is 12.8 Å². The van der Waals surface area contributed by atoms with E-state index >= 15 is 0 Å². The molecule has 1 heterocycles. The summed E-state index contributed by atoms with van der Waals surface area (Å²) in [6.07, 6.45) is 11.9. The van der Waals surface area contributed by atoms with Crippen molar-refractivity contribution < 1.29 is 14.7 Å². The average Bonchev–Trinajstić information content (AvgIpc) is 3.03. The van der Waals surface area contributed by atoms with E-state index in [4.69, 9.17) is 0 Å². The molecule has 144 valence electrons. The Morgan fingerprint density at radius 3 is 2.15 bits per heavy atom. The Labute approximate surface area is 163 Å². The average molecular weight is 386 g/mol. The zero-order valence-corrected chi connectivity index (χ0v) is 16.3. The number of anilines is 1. The summed E-state index contributed by atoms with van der Waals surface area (Å²) in [5, 5.41) is 14.6. The molecule has 0 fully saturated rings. The largest absolute Gasteiger partial charge is 0.545 e. The van der Waals surface area contributed by atoms with Crippen LogP contribution in [0.25, 0.3) is 0 Å². The molecule has 27 heavy (non-hydrogen) atoms. The van der Waals surface area contributed by atoms with E-state index in [2.05, 4.69) is 10.3 Å². The van der Waals surface area contributed by atoms with Gasteiger partial charge < -0.3 is 9.90 Å². The Morgan fingerprint density at radius 1 is 0.889 bits per heavy atom. The molecule has 3 rings (SSSR count). The lowest BCUT2D eigenvalue weighted by atomic mass is 10.0. The first-order chi connectivity index (χ1) is 13.1. The molecule has 0 atom stereocenters. The number of amides is 1. The van der Waals surface area contributed by atoms with Crippen molar-refractivity contribution in [1.29, 1.82) is 0 Å². The molecule has 0 saturated heterocycles. The van der Waals surface area contributed by atoms with Crippen LogP contribution >= 0.6 is 11.3 Å². The van der Waals surface area contributed by atoms with Crippen molar-refractivity contribution >= 4 is 28.3 Å². The van der Waals surface area contributed by atoms with E-state index in [0.717, 1.165) is 31.4 Å². The molecule has 5 nitrogen and oxygen atoms in total. The third-order valence-corrected chi connectivity index (χ3v) is 6.03. The summed E-state index contributed by atoms with van der Waals surface area (Å²) in [7, 11) is 0. The van der Waals surface area contributed by atoms with Crippen LogP contribution in [0.2, 0.25) is 0 Å². The summed E-state index contributed by atoms with van der Waals surface area (Å²) in [6, 6.07) is 6.09. The topological polar surface area (TPSA) is 82.1 Å². The number of aryl methyl sites for hydroxylation is 2. The highest BCUT2D eigenvalue weighted by molar-refractivity contribution is 7.15. The number of carboxylic acids is 1. The van der Waals surface area contributed by atoms with Crippen molar-refractivity contribution in [2.75, 3.05) is 5.32 Å². The number of nitrogens with zero attached hydrogens (tertiary/aromatic N) is 1. The number of aromatic nitrogens is 1. The van der Waals surface area contributed by atoms with Crippen molar-refractivity contribution in [3.63, 3.8) is 0 Å². The molecule has 2 aromatic rings. The van der Waals surface area contributed by atoms with E-state index in [1.54, 1.807) is 12.1 Å². The van der Waals surface area contributed by atoms with Crippen molar-refractivity contribution in [3.05, 3.63) is 46.0 Å². The maximum atomic E-state index is 12.6. The number of thiazole rings is 1. The molecule has 1 aromatic carbocycles. The fourth-order valence-corrected chi connectivity index (χ4v) is 4.53. The van der Waals surface area contributed by atoms with E-state index in [1.807, 2.05) is 0 Å². The lowest BCUT2D eigenvalue weighted by Crippen LogP contribution is -2.26. The smallest absolute Gasteiger partial charge is 0.258 e. The van der Waals surface area contributed by atoms with Gasteiger partial charge in [0, 0.05) is 16.0 Å². The molecular formula is C21H25N2O3S-. The quantitative estimate of drug-likeness (QED) is 0.866. The molecule has 1 N–H and O–H groups in total. The maximum absolute atomic E-state index is 12.6. The summed E-state index contributed by atoms with van der Waals surface area (Å²) < 4.78 is 0. The lowest BCUT2D eigenvalue weighted by molar-refractivity contribution is -0.255. The van der Waals surface area contributed by atoms with Crippen LogP contribution in [0.5, 0.6) is 0 Å². The predicted octanol–water partition coefficient (Wildman–Crippen LogP) is 3.98. The van der Waals surface area contributed by atoms with Gasteiger partial charge in [-0.15, -0.1) is 11.3 Å². The van der Waals surface area contributed by atoms with Gasteiger partial charge in [-0.2, -0.15) is 0 Å². The molecule has 0 unspecified atom stereocenters. The minimum atomic E-state index is -1.35. The number of carbonyl (C=O) groups is 2. The summed E-state index contributed by atoms with van der Waals surface area (Å²) in [5.74, 6) is -1.81. The summed E-state index contributed by atoms with van der Waals surface area (Å²) in [6.45, 7) is 0. The van der Waals surface area contributed by atoms with Gasteiger partial charge in [-0.1, -0.05) is 56.7 Å². The van der Waals surface area contributed by atoms with Crippen molar-refractivity contribution in [2.24, 2.45) is 0 Å². The summed E-state index contributed by atoms with van der Waals surface area (Å²) in [5.41, 5.74) is 1.08. The highest BCUT2D eigenvalue weighted by Crippen LogP contribution is 2.28. The van der Waals surface area contributed by atoms with Gasteiger partial charge >= 0.3 is 0 Å². The van der Waals surface area contributed by atoms with Crippen LogP contribution in [0.3, 0.4) is 0 Å². The molecule has 0 saturated carbocycles. The summed E-state index contributed by atoms with van der Waals surface area (Å²) >= 11 is 1.52. The number of hydrogen-bond acceptors (Lipinski definition) is 5. The molecule has 1 aliphatic carbocycles. The second kappa shape index (κ2) is 9.65. The van der Waals surface area contributed by atoms with Crippen molar-refractivity contribution in [2.45, 2.75) is 64.2 Å². The second-order valence-corrected chi connectivity index (χ2v) is 8.09. The van der Waals surface area contributed by atoms with E-state index in [1.165, 1.54) is 66.9 Å². The SMILES string of the molecule is O=C([O-])c1ccccc1C(=O)Nc1nc2c(s1)CCCCCCCCCC2. The molecule has 1 aliphatic rings. The lowest BCUT2D eigenvalue weighted by Gasteiger charge is -2.09. The zero-order chi connectivity index (χ0) is 19.1. The number of fused-ring (bicyclic) bond motifs is 1. The van der Waals surface area contributed by atoms with Crippen LogP contribution in [0.1, 0.15) is 82.7 Å². The standard InChI is InChI=1S/C21H26N2O3S/c24-19(15-11-9-10-12-16(15)20(25)26)23-21-22-17-13-7-5-3-1-2-4-6-8-14-18(17)27-21/h9-12H,1-8,13-14H2,(H,25,26)(H,22,23,24)/p-1. The number of aromatic carboxylic acids is 1. The second-order valence-electron chi connectivity index (χ2n) is 7.00. The normalized spacial score (nSPS) is 15.9. The maximum Gasteiger partial charge on any atom is 0.258 e. The predicted molar refractivity (Wildman–Crippen MR) is 105 cm³/mol. The first kappa shape index (κ1) is 19.5. The number of hydrogen-bond donors (Lipinski definition) is 1. The highest BCUT2D eigenvalue weighted by Gasteiger charge is 2.16. The van der Waals surface area contributed by atoms with Crippen LogP contribution < -0.4 is 10.4 Å². The molecular weight excluding hydrogens is 360 g/mol. The van der Waals surface area contributed by atoms with Gasteiger partial charge in [-0.3, -0.25) is 10.1 Å². The Bertz CT molecular complexity index is 771. The molecule has 0 bridgehead atoms. The number of rotatable bonds is 3. The Hall–Kier alpha value is -2.21. The number of nitrogens with one attached hydrogen (secondary N) is 1. The fourth-order valence-electron chi connectivity index (χ4n) is 3.49. The highest BCUT2D eigenvalue weighted by atomic mass is 32.1. The third-order valence-electron chi connectivity index (χ3n) is 4.96. The van der Waals surface area contributed by atoms with Gasteiger partial charge in [0.05, 0.1) is 11.7 Å². The van der Waals surface area contributed by atoms with Crippen molar-refractivity contribution in [1.82, 2.24) is 4.98 Å². The van der Waals surface area contributed by atoms with E-state index in [9.17, 15) is 14.7 Å². The van der Waals surface area contributed by atoms with Gasteiger partial charge in [-0.05, 0) is 31.7 Å². The summed E-state index contributed by atoms with van der Waals surface area (Å²) in [4.78, 5) is 29.7. The Balaban J connectivity index is 1.75. The minimum absolute atomic E-state index is 0.0988. The third kappa shape index (κ3) is 5.39. The number of benzene rings is 1. The molecule has 0 aliphatic heterocycles. The van der Waals surface area contributed by atoms with Crippen LogP contribution in [0.15, 0.2) is 24.3 Å². The monoisotopic (exact) mass is 385 g/mol. The zero-order valence-electron chi connectivity index (χ0n) is 15.5. The molecule has 1 amide bonds. The van der Waals surface area contributed by atoms with Gasteiger partial charge in [0.25, 0.3) is 5.91 Å². The van der Waals surface area contributed by atoms with Crippen molar-refractivity contribution in [3.8, 4) is 0 Å². The first-order valence-electron chi connectivity index (χ1n) is 9.75. The van der Waals surface area contributed by atoms with Crippen LogP contribution in [0.4, 0.5) is 5.13 Å². The number of carboxylic acid groups (broad SMARTS) is 1. The Morgan fingerprint density at radius 2 is 1.48 bits per heavy atom.